The lowest BCUT2D eigenvalue weighted by Gasteiger charge is -2.59. The Labute approximate surface area is 149 Å². The van der Waals surface area contributed by atoms with Gasteiger partial charge in [0.15, 0.2) is 0 Å². The van der Waals surface area contributed by atoms with E-state index in [0.29, 0.717) is 12.8 Å². The first-order chi connectivity index (χ1) is 10.7. The number of ketones is 1. The highest BCUT2D eigenvalue weighted by Gasteiger charge is 2.71. The van der Waals surface area contributed by atoms with Crippen LogP contribution in [0.5, 0.6) is 0 Å². The van der Waals surface area contributed by atoms with E-state index in [1.165, 1.54) is 0 Å². The highest BCUT2D eigenvalue weighted by Crippen LogP contribution is 2.77. The van der Waals surface area contributed by atoms with E-state index in [1.54, 1.807) is 0 Å². The largest absolute Gasteiger partial charge is 0.362 e. The lowest BCUT2D eigenvalue weighted by molar-refractivity contribution is -0.165. The summed E-state index contributed by atoms with van der Waals surface area (Å²) in [6.45, 7) is 21.2. The summed E-state index contributed by atoms with van der Waals surface area (Å²) in [5, 5.41) is 0. The van der Waals surface area contributed by atoms with E-state index in [-0.39, 0.29) is 27.5 Å². The molecule has 0 aromatic carbocycles. The van der Waals surface area contributed by atoms with Gasteiger partial charge in [0, 0.05) is 12.8 Å². The highest BCUT2D eigenvalue weighted by molar-refractivity contribution is 8.28. The molecule has 0 aliphatic carbocycles. The first-order valence-electron chi connectivity index (χ1n) is 9.15. The lowest BCUT2D eigenvalue weighted by Crippen LogP contribution is -2.48. The van der Waals surface area contributed by atoms with Crippen molar-refractivity contribution in [2.24, 2.45) is 0 Å². The van der Waals surface area contributed by atoms with Gasteiger partial charge in [0.05, 0.1) is 9.49 Å². The van der Waals surface area contributed by atoms with Gasteiger partial charge in [-0.15, -0.1) is 0 Å². The van der Waals surface area contributed by atoms with Gasteiger partial charge < -0.3 is 4.74 Å². The molecular formula is C19H36O4S. The third-order valence-corrected chi connectivity index (χ3v) is 9.31. The summed E-state index contributed by atoms with van der Waals surface area (Å²) in [4.78, 5) is 12.1. The number of Topliss-reactive ketones (excluding diaryl/α,β-unsaturated/α-hetero) is 1. The topological polar surface area (TPSA) is 44.8 Å². The predicted molar refractivity (Wildman–Crippen MR) is 100 cm³/mol. The van der Waals surface area contributed by atoms with Crippen LogP contribution in [-0.4, -0.2) is 38.7 Å². The molecule has 2 bridgehead atoms. The van der Waals surface area contributed by atoms with Crippen molar-refractivity contribution in [1.29, 1.82) is 0 Å². The monoisotopic (exact) mass is 360 g/mol. The smallest absolute Gasteiger partial charge is 0.142 e. The van der Waals surface area contributed by atoms with E-state index < -0.39 is 21.8 Å². The highest BCUT2D eigenvalue weighted by atomic mass is 32.3. The minimum atomic E-state index is -1.78. The number of hydrogen-bond acceptors (Lipinski definition) is 4. The average molecular weight is 361 g/mol. The number of fused-ring (bicyclic) bond motifs is 5. The molecule has 4 nitrogen and oxygen atoms in total. The number of carbonyl (C=O) groups is 1. The van der Waals surface area contributed by atoms with Crippen LogP contribution in [0.4, 0.5) is 0 Å². The molecule has 0 amide bonds. The number of hydrogen-bond donors (Lipinski definition) is 0. The normalized spacial score (nSPS) is 42.2. The van der Waals surface area contributed by atoms with Crippen molar-refractivity contribution in [3.05, 3.63) is 0 Å². The zero-order chi connectivity index (χ0) is 18.8. The van der Waals surface area contributed by atoms with Gasteiger partial charge in [-0.25, -0.2) is 0 Å². The number of carbonyl (C=O) groups excluding carboxylic acids is 1. The second kappa shape index (κ2) is 5.70. The fourth-order valence-electron chi connectivity index (χ4n) is 4.52. The van der Waals surface area contributed by atoms with Gasteiger partial charge in [-0.1, -0.05) is 13.8 Å². The fourth-order valence-corrected chi connectivity index (χ4v) is 8.75. The molecule has 4 atom stereocenters. The quantitative estimate of drug-likeness (QED) is 0.614. The molecule has 0 saturated carbocycles. The van der Waals surface area contributed by atoms with E-state index in [2.05, 4.69) is 41.5 Å². The van der Waals surface area contributed by atoms with Crippen LogP contribution in [-0.2, 0) is 17.9 Å². The van der Waals surface area contributed by atoms with Crippen LogP contribution in [0.3, 0.4) is 0 Å². The SMILES string of the molecule is CC.CC(C)(C)S1(C(C)(C)C)O[C@@H]2[C@H](O1)[C@@]1(C)CC(=O)C[C@]2(C)O1. The minimum Gasteiger partial charge on any atom is -0.362 e. The average Bonchev–Trinajstić information content (AvgIpc) is 2.86. The van der Waals surface area contributed by atoms with Crippen molar-refractivity contribution in [3.63, 3.8) is 0 Å². The van der Waals surface area contributed by atoms with E-state index in [9.17, 15) is 4.79 Å². The van der Waals surface area contributed by atoms with E-state index in [0.717, 1.165) is 0 Å². The molecule has 3 saturated heterocycles. The van der Waals surface area contributed by atoms with Gasteiger partial charge in [0.1, 0.15) is 29.2 Å². The van der Waals surface area contributed by atoms with Crippen molar-refractivity contribution < 1.29 is 17.9 Å². The molecule has 3 heterocycles. The first kappa shape index (κ1) is 20.2. The molecule has 0 unspecified atom stereocenters. The zero-order valence-electron chi connectivity index (χ0n) is 17.1. The zero-order valence-corrected chi connectivity index (χ0v) is 17.9. The van der Waals surface area contributed by atoms with Crippen LogP contribution in [0.2, 0.25) is 0 Å². The molecule has 3 aliphatic heterocycles. The standard InChI is InChI=1S/C17H30O4S.C2H6/c1-14(2,3)22(15(4,5)6)19-12-13(20-22)17(8)10-11(18)9-16(12,7)21-17;1-2/h12-13H,9-10H2,1-8H3;1-2H3/t12-,13+,16+,17-;. The Morgan fingerprint density at radius 3 is 1.50 bits per heavy atom. The van der Waals surface area contributed by atoms with Gasteiger partial charge in [-0.05, 0) is 55.4 Å². The molecule has 3 fully saturated rings. The van der Waals surface area contributed by atoms with E-state index >= 15 is 0 Å². The van der Waals surface area contributed by atoms with Crippen molar-refractivity contribution >= 4 is 16.4 Å². The second-order valence-electron chi connectivity index (χ2n) is 9.38. The molecule has 0 radical (unpaired) electrons. The van der Waals surface area contributed by atoms with Crippen LogP contribution >= 0.6 is 10.6 Å². The van der Waals surface area contributed by atoms with Crippen LogP contribution in [0.15, 0.2) is 0 Å². The summed E-state index contributed by atoms with van der Waals surface area (Å²) in [6.07, 6.45) is 0.545. The molecule has 5 heteroatoms. The Hall–Kier alpha value is -0.100. The maximum Gasteiger partial charge on any atom is 0.142 e. The van der Waals surface area contributed by atoms with E-state index in [4.69, 9.17) is 13.1 Å². The number of ether oxygens (including phenoxy) is 1. The van der Waals surface area contributed by atoms with Gasteiger partial charge in [-0.3, -0.25) is 13.2 Å². The summed E-state index contributed by atoms with van der Waals surface area (Å²) in [5.74, 6) is 0.255. The Morgan fingerprint density at radius 1 is 0.875 bits per heavy atom. The number of rotatable bonds is 0. The Kier molecular flexibility index (Phi) is 4.80. The molecule has 142 valence electrons. The van der Waals surface area contributed by atoms with Crippen LogP contribution < -0.4 is 0 Å². The summed E-state index contributed by atoms with van der Waals surface area (Å²) in [7, 11) is -1.78. The Bertz CT molecular complexity index is 474. The second-order valence-corrected chi connectivity index (χ2v) is 13.2. The van der Waals surface area contributed by atoms with Crippen molar-refractivity contribution in [1.82, 2.24) is 0 Å². The van der Waals surface area contributed by atoms with Crippen LogP contribution in [0, 0.1) is 0 Å². The Morgan fingerprint density at radius 2 is 1.21 bits per heavy atom. The molecule has 0 aromatic rings. The van der Waals surface area contributed by atoms with Crippen molar-refractivity contribution in [2.45, 2.75) is 115 Å². The summed E-state index contributed by atoms with van der Waals surface area (Å²) in [6, 6.07) is 0. The van der Waals surface area contributed by atoms with Gasteiger partial charge in [0.2, 0.25) is 0 Å². The summed E-state index contributed by atoms with van der Waals surface area (Å²) >= 11 is 0. The Balaban J connectivity index is 0.00000100. The lowest BCUT2D eigenvalue weighted by atomic mass is 9.93. The molecule has 0 spiro atoms. The van der Waals surface area contributed by atoms with Gasteiger partial charge in [0.25, 0.3) is 0 Å². The maximum atomic E-state index is 12.1. The maximum absolute atomic E-state index is 12.1. The molecule has 24 heavy (non-hydrogen) atoms. The molecule has 0 aromatic heterocycles. The molecular weight excluding hydrogens is 324 g/mol. The molecule has 3 aliphatic rings. The van der Waals surface area contributed by atoms with Crippen LogP contribution in [0.25, 0.3) is 0 Å². The molecule has 0 N–H and O–H groups in total. The van der Waals surface area contributed by atoms with Crippen molar-refractivity contribution in [2.75, 3.05) is 0 Å². The third-order valence-electron chi connectivity index (χ3n) is 5.13. The van der Waals surface area contributed by atoms with E-state index in [1.807, 2.05) is 27.7 Å². The van der Waals surface area contributed by atoms with Crippen LogP contribution in [0.1, 0.15) is 82.1 Å². The fraction of sp³-hybridized carbons (Fsp3) is 0.947. The molecule has 3 rings (SSSR count). The van der Waals surface area contributed by atoms with Crippen molar-refractivity contribution in [3.8, 4) is 0 Å². The predicted octanol–water partition coefficient (Wildman–Crippen LogP) is 4.94. The first-order valence-corrected chi connectivity index (χ1v) is 10.6. The summed E-state index contributed by atoms with van der Waals surface area (Å²) < 4.78 is 19.5. The summed E-state index contributed by atoms with van der Waals surface area (Å²) in [5.41, 5.74) is -1.11. The van der Waals surface area contributed by atoms with Gasteiger partial charge in [-0.2, -0.15) is 10.6 Å². The van der Waals surface area contributed by atoms with Gasteiger partial charge >= 0.3 is 0 Å². The third kappa shape index (κ3) is 2.67. The minimum absolute atomic E-state index is 0.0966.